The summed E-state index contributed by atoms with van der Waals surface area (Å²) in [6, 6.07) is 5.75. The number of aromatic nitrogens is 2. The largest absolute Gasteiger partial charge is 0.506 e. The van der Waals surface area contributed by atoms with Crippen LogP contribution in [-0.4, -0.2) is 51.7 Å². The van der Waals surface area contributed by atoms with Gasteiger partial charge in [0.1, 0.15) is 5.75 Å². The minimum atomic E-state index is -1.44. The van der Waals surface area contributed by atoms with Gasteiger partial charge >= 0.3 is 5.97 Å². The topological polar surface area (TPSA) is 109 Å². The van der Waals surface area contributed by atoms with E-state index >= 15 is 0 Å². The van der Waals surface area contributed by atoms with Crippen molar-refractivity contribution in [1.82, 2.24) is 14.9 Å². The van der Waals surface area contributed by atoms with E-state index in [2.05, 4.69) is 14.9 Å². The van der Waals surface area contributed by atoms with E-state index in [0.717, 1.165) is 23.9 Å². The zero-order valence-electron chi connectivity index (χ0n) is 16.0. The van der Waals surface area contributed by atoms with Crippen molar-refractivity contribution in [3.05, 3.63) is 51.4 Å². The van der Waals surface area contributed by atoms with Crippen LogP contribution in [0.3, 0.4) is 0 Å². The molecule has 2 aromatic heterocycles. The van der Waals surface area contributed by atoms with Gasteiger partial charge in [0.2, 0.25) is 0 Å². The van der Waals surface area contributed by atoms with Crippen LogP contribution in [0.5, 0.6) is 5.75 Å². The first-order valence-corrected chi connectivity index (χ1v) is 8.80. The van der Waals surface area contributed by atoms with Crippen LogP contribution in [0.25, 0.3) is 22.2 Å². The maximum absolute atomic E-state index is 12.2. The van der Waals surface area contributed by atoms with Crippen LogP contribution >= 0.6 is 12.4 Å². The SMILES string of the molecule is CCc1c(-c2ccc3c(CCN(C)C)c[nH]c3c2)[nH]c(=O)c(C(=O)O)c1O.Cl. The molecule has 0 aliphatic heterocycles. The van der Waals surface area contributed by atoms with E-state index in [1.54, 1.807) is 6.92 Å². The molecule has 0 unspecified atom stereocenters. The first kappa shape index (κ1) is 21.5. The summed E-state index contributed by atoms with van der Waals surface area (Å²) in [4.78, 5) is 31.4. The number of aromatic amines is 2. The number of aromatic carboxylic acids is 1. The lowest BCUT2D eigenvalue weighted by atomic mass is 9.99. The molecule has 0 saturated heterocycles. The highest BCUT2D eigenvalue weighted by atomic mass is 35.5. The molecule has 8 heteroatoms. The van der Waals surface area contributed by atoms with Gasteiger partial charge in [0, 0.05) is 34.8 Å². The number of fused-ring (bicyclic) bond motifs is 1. The Morgan fingerprint density at radius 3 is 2.57 bits per heavy atom. The minimum Gasteiger partial charge on any atom is -0.506 e. The Hall–Kier alpha value is -2.77. The van der Waals surface area contributed by atoms with Crippen molar-refractivity contribution < 1.29 is 15.0 Å². The standard InChI is InChI=1S/C20H23N3O4.ClH/c1-4-13-17(22-19(25)16(18(13)24)20(26)27)11-5-6-14-12(7-8-23(2)3)10-21-15(14)9-11;/h5-6,9-10,21H,4,7-8H2,1-3H3,(H,26,27)(H2,22,24,25);1H. The van der Waals surface area contributed by atoms with Gasteiger partial charge in [-0.1, -0.05) is 19.1 Å². The van der Waals surface area contributed by atoms with Crippen LogP contribution in [0.4, 0.5) is 0 Å². The van der Waals surface area contributed by atoms with Crippen molar-refractivity contribution in [1.29, 1.82) is 0 Å². The molecule has 0 aliphatic carbocycles. The summed E-state index contributed by atoms with van der Waals surface area (Å²) >= 11 is 0. The van der Waals surface area contributed by atoms with Gasteiger partial charge in [0.25, 0.3) is 5.56 Å². The number of nitrogens with zero attached hydrogens (tertiary/aromatic N) is 1. The molecule has 4 N–H and O–H groups in total. The number of nitrogens with one attached hydrogen (secondary N) is 2. The van der Waals surface area contributed by atoms with Gasteiger partial charge < -0.3 is 25.1 Å². The van der Waals surface area contributed by atoms with Crippen molar-refractivity contribution in [3.8, 4) is 17.0 Å². The van der Waals surface area contributed by atoms with E-state index < -0.39 is 22.8 Å². The Labute approximate surface area is 168 Å². The average Bonchev–Trinajstić information content (AvgIpc) is 3.01. The van der Waals surface area contributed by atoms with E-state index in [9.17, 15) is 19.8 Å². The van der Waals surface area contributed by atoms with E-state index in [4.69, 9.17) is 0 Å². The number of carboxylic acids is 1. The third-order valence-electron chi connectivity index (χ3n) is 4.74. The van der Waals surface area contributed by atoms with Crippen LogP contribution < -0.4 is 5.56 Å². The summed E-state index contributed by atoms with van der Waals surface area (Å²) in [7, 11) is 4.06. The number of likely N-dealkylation sites (N-methyl/N-ethyl adjacent to an activating group) is 1. The van der Waals surface area contributed by atoms with Gasteiger partial charge in [-0.05, 0) is 38.6 Å². The molecule has 0 amide bonds. The van der Waals surface area contributed by atoms with Crippen LogP contribution in [0.15, 0.2) is 29.2 Å². The molecule has 0 spiro atoms. The Bertz CT molecular complexity index is 1070. The molecular weight excluding hydrogens is 382 g/mol. The lowest BCUT2D eigenvalue weighted by molar-refractivity contribution is 0.0691. The third-order valence-corrected chi connectivity index (χ3v) is 4.74. The number of halogens is 1. The fraction of sp³-hybridized carbons (Fsp3) is 0.300. The Balaban J connectivity index is 0.00000280. The van der Waals surface area contributed by atoms with Gasteiger partial charge in [-0.3, -0.25) is 4.79 Å². The first-order valence-electron chi connectivity index (χ1n) is 8.80. The number of aromatic hydroxyl groups is 1. The number of hydrogen-bond donors (Lipinski definition) is 4. The zero-order valence-corrected chi connectivity index (χ0v) is 16.8. The van der Waals surface area contributed by atoms with Gasteiger partial charge in [0.15, 0.2) is 5.56 Å². The first-order chi connectivity index (χ1) is 12.8. The lowest BCUT2D eigenvalue weighted by Gasteiger charge is -2.12. The molecule has 3 rings (SSSR count). The molecule has 7 nitrogen and oxygen atoms in total. The van der Waals surface area contributed by atoms with E-state index in [1.165, 1.54) is 5.56 Å². The van der Waals surface area contributed by atoms with Crippen molar-refractivity contribution in [2.24, 2.45) is 0 Å². The van der Waals surface area contributed by atoms with Crippen LogP contribution in [-0.2, 0) is 12.8 Å². The monoisotopic (exact) mass is 405 g/mol. The molecule has 3 aromatic rings. The van der Waals surface area contributed by atoms with E-state index in [0.29, 0.717) is 23.2 Å². The maximum Gasteiger partial charge on any atom is 0.345 e. The van der Waals surface area contributed by atoms with Crippen molar-refractivity contribution in [2.75, 3.05) is 20.6 Å². The maximum atomic E-state index is 12.2. The Morgan fingerprint density at radius 2 is 1.96 bits per heavy atom. The summed E-state index contributed by atoms with van der Waals surface area (Å²) in [6.45, 7) is 2.74. The molecule has 2 heterocycles. The van der Waals surface area contributed by atoms with Gasteiger partial charge in [-0.2, -0.15) is 0 Å². The van der Waals surface area contributed by atoms with Crippen LogP contribution in [0, 0.1) is 0 Å². The molecule has 1 aromatic carbocycles. The van der Waals surface area contributed by atoms with Gasteiger partial charge in [-0.25, -0.2) is 4.79 Å². The summed E-state index contributed by atoms with van der Waals surface area (Å²) < 4.78 is 0. The number of carbonyl (C=O) groups is 1. The van der Waals surface area contributed by atoms with Crippen molar-refractivity contribution in [3.63, 3.8) is 0 Å². The molecular formula is C20H24ClN3O4. The molecule has 150 valence electrons. The minimum absolute atomic E-state index is 0. The van der Waals surface area contributed by atoms with Crippen molar-refractivity contribution in [2.45, 2.75) is 19.8 Å². The predicted molar refractivity (Wildman–Crippen MR) is 112 cm³/mol. The molecule has 0 fully saturated rings. The highest BCUT2D eigenvalue weighted by molar-refractivity contribution is 5.93. The highest BCUT2D eigenvalue weighted by Crippen LogP contribution is 2.32. The second kappa shape index (κ2) is 8.50. The Kier molecular flexibility index (Phi) is 6.53. The Morgan fingerprint density at radius 1 is 1.25 bits per heavy atom. The number of benzene rings is 1. The molecule has 0 saturated carbocycles. The second-order valence-electron chi connectivity index (χ2n) is 6.82. The van der Waals surface area contributed by atoms with Crippen molar-refractivity contribution >= 4 is 29.3 Å². The predicted octanol–water partition coefficient (Wildman–Crippen LogP) is 3.02. The fourth-order valence-electron chi connectivity index (χ4n) is 3.31. The number of H-pyrrole nitrogens is 2. The number of rotatable bonds is 6. The van der Waals surface area contributed by atoms with Gasteiger partial charge in [0.05, 0.1) is 5.69 Å². The quantitative estimate of drug-likeness (QED) is 0.504. The smallest absolute Gasteiger partial charge is 0.345 e. The number of carboxylic acid groups (broad SMARTS) is 1. The lowest BCUT2D eigenvalue weighted by Crippen LogP contribution is -2.20. The molecule has 0 radical (unpaired) electrons. The molecule has 0 aliphatic rings. The normalized spacial score (nSPS) is 11.0. The zero-order chi connectivity index (χ0) is 19.7. The van der Waals surface area contributed by atoms with E-state index in [-0.39, 0.29) is 12.4 Å². The molecule has 28 heavy (non-hydrogen) atoms. The van der Waals surface area contributed by atoms with Gasteiger partial charge in [-0.15, -0.1) is 12.4 Å². The molecule has 0 atom stereocenters. The highest BCUT2D eigenvalue weighted by Gasteiger charge is 2.22. The summed E-state index contributed by atoms with van der Waals surface area (Å²) in [5, 5.41) is 20.6. The molecule has 0 bridgehead atoms. The third kappa shape index (κ3) is 3.90. The number of pyridine rings is 1. The number of hydrogen-bond acceptors (Lipinski definition) is 4. The second-order valence-corrected chi connectivity index (χ2v) is 6.82. The summed E-state index contributed by atoms with van der Waals surface area (Å²) in [5.41, 5.74) is 2.25. The average molecular weight is 406 g/mol. The summed E-state index contributed by atoms with van der Waals surface area (Å²) in [5.74, 6) is -1.91. The fourth-order valence-corrected chi connectivity index (χ4v) is 3.31. The summed E-state index contributed by atoms with van der Waals surface area (Å²) in [6.07, 6.45) is 3.28. The van der Waals surface area contributed by atoms with Crippen LogP contribution in [0.2, 0.25) is 0 Å². The van der Waals surface area contributed by atoms with Crippen LogP contribution in [0.1, 0.15) is 28.4 Å². The van der Waals surface area contributed by atoms with E-state index in [1.807, 2.05) is 38.5 Å².